The van der Waals surface area contributed by atoms with Crippen LogP contribution in [-0.2, 0) is 33.6 Å². The standard InChI is InChI=1S/C16H20N2O7S/c19-8-9-26-11-10-14(22)17(16(11)24)7-3-1-2-4-15(23)25-18-12(20)5-6-13(18)21/h8,11H,1-7,9-10H2. The molecule has 1 atom stereocenters. The molecule has 0 spiro atoms. The highest BCUT2D eigenvalue weighted by molar-refractivity contribution is 8.01. The van der Waals surface area contributed by atoms with E-state index < -0.39 is 23.0 Å². The van der Waals surface area contributed by atoms with E-state index in [0.717, 1.165) is 11.8 Å². The molecule has 142 valence electrons. The van der Waals surface area contributed by atoms with Crippen molar-refractivity contribution < 1.29 is 33.6 Å². The quantitative estimate of drug-likeness (QED) is 0.298. The first-order valence-electron chi connectivity index (χ1n) is 8.40. The summed E-state index contributed by atoms with van der Waals surface area (Å²) in [5, 5.41) is 0.0272. The zero-order valence-electron chi connectivity index (χ0n) is 14.2. The molecule has 0 aromatic rings. The van der Waals surface area contributed by atoms with Crippen LogP contribution in [0.15, 0.2) is 0 Å². The van der Waals surface area contributed by atoms with Crippen molar-refractivity contribution in [3.63, 3.8) is 0 Å². The van der Waals surface area contributed by atoms with Gasteiger partial charge in [-0.3, -0.25) is 24.1 Å². The number of likely N-dealkylation sites (tertiary alicyclic amines) is 1. The monoisotopic (exact) mass is 384 g/mol. The molecule has 10 heteroatoms. The number of aldehydes is 1. The van der Waals surface area contributed by atoms with Crippen molar-refractivity contribution in [1.29, 1.82) is 0 Å². The molecule has 0 aromatic carbocycles. The zero-order valence-corrected chi connectivity index (χ0v) is 15.0. The van der Waals surface area contributed by atoms with Crippen LogP contribution in [-0.4, -0.2) is 63.4 Å². The summed E-state index contributed by atoms with van der Waals surface area (Å²) in [6.07, 6.45) is 2.53. The minimum absolute atomic E-state index is 0.0385. The Hall–Kier alpha value is -2.23. The highest BCUT2D eigenvalue weighted by Gasteiger charge is 2.38. The third kappa shape index (κ3) is 5.13. The summed E-state index contributed by atoms with van der Waals surface area (Å²) in [6, 6.07) is 0. The summed E-state index contributed by atoms with van der Waals surface area (Å²) in [5.41, 5.74) is 0. The minimum atomic E-state index is -0.660. The van der Waals surface area contributed by atoms with E-state index in [-0.39, 0.29) is 49.8 Å². The number of hydrogen-bond acceptors (Lipinski definition) is 8. The van der Waals surface area contributed by atoms with Crippen LogP contribution in [0.25, 0.3) is 0 Å². The highest BCUT2D eigenvalue weighted by Crippen LogP contribution is 2.25. The average Bonchev–Trinajstić information content (AvgIpc) is 3.06. The van der Waals surface area contributed by atoms with Gasteiger partial charge < -0.3 is 9.63 Å². The van der Waals surface area contributed by atoms with Crippen molar-refractivity contribution in [3.8, 4) is 0 Å². The van der Waals surface area contributed by atoms with E-state index >= 15 is 0 Å². The highest BCUT2D eigenvalue weighted by atomic mass is 32.2. The number of carbonyl (C=O) groups is 6. The summed E-state index contributed by atoms with van der Waals surface area (Å²) >= 11 is 1.16. The Morgan fingerprint density at radius 3 is 2.42 bits per heavy atom. The molecule has 1 unspecified atom stereocenters. The molecule has 2 fully saturated rings. The molecular weight excluding hydrogens is 364 g/mol. The predicted octanol–water partition coefficient (Wildman–Crippen LogP) is 0.214. The van der Waals surface area contributed by atoms with Gasteiger partial charge in [0.15, 0.2) is 0 Å². The fourth-order valence-electron chi connectivity index (χ4n) is 2.69. The Labute approximate surface area is 154 Å². The average molecular weight is 384 g/mol. The number of hydrogen-bond donors (Lipinski definition) is 0. The van der Waals surface area contributed by atoms with Crippen LogP contribution in [0.1, 0.15) is 44.9 Å². The summed E-state index contributed by atoms with van der Waals surface area (Å²) in [7, 11) is 0. The second-order valence-electron chi connectivity index (χ2n) is 5.93. The molecule has 2 heterocycles. The lowest BCUT2D eigenvalue weighted by Crippen LogP contribution is -2.32. The first-order valence-corrected chi connectivity index (χ1v) is 9.45. The SMILES string of the molecule is O=CCSC1CC(=O)N(CCCCCC(=O)ON2C(=O)CCC2=O)C1=O. The maximum atomic E-state index is 12.1. The lowest BCUT2D eigenvalue weighted by atomic mass is 10.2. The number of hydroxylamine groups is 2. The van der Waals surface area contributed by atoms with E-state index in [0.29, 0.717) is 30.6 Å². The fourth-order valence-corrected chi connectivity index (χ4v) is 3.54. The van der Waals surface area contributed by atoms with Gasteiger partial charge >= 0.3 is 5.97 Å². The Morgan fingerprint density at radius 2 is 1.77 bits per heavy atom. The van der Waals surface area contributed by atoms with E-state index in [4.69, 9.17) is 4.84 Å². The van der Waals surface area contributed by atoms with Gasteiger partial charge in [0.2, 0.25) is 11.8 Å². The smallest absolute Gasteiger partial charge is 0.330 e. The van der Waals surface area contributed by atoms with Gasteiger partial charge in [0, 0.05) is 38.0 Å². The third-order valence-electron chi connectivity index (χ3n) is 4.03. The van der Waals surface area contributed by atoms with Crippen molar-refractivity contribution in [2.45, 2.75) is 50.2 Å². The van der Waals surface area contributed by atoms with Crippen molar-refractivity contribution in [3.05, 3.63) is 0 Å². The second-order valence-corrected chi connectivity index (χ2v) is 7.17. The summed E-state index contributed by atoms with van der Waals surface area (Å²) < 4.78 is 0. The molecule has 4 amide bonds. The molecule has 0 N–H and O–H groups in total. The van der Waals surface area contributed by atoms with Gasteiger partial charge in [-0.2, -0.15) is 0 Å². The molecule has 0 saturated carbocycles. The molecule has 26 heavy (non-hydrogen) atoms. The molecule has 0 radical (unpaired) electrons. The van der Waals surface area contributed by atoms with Gasteiger partial charge in [-0.15, -0.1) is 16.8 Å². The van der Waals surface area contributed by atoms with Gasteiger partial charge in [-0.05, 0) is 12.8 Å². The van der Waals surface area contributed by atoms with Crippen LogP contribution in [0.5, 0.6) is 0 Å². The number of unbranched alkanes of at least 4 members (excludes halogenated alkanes) is 2. The lowest BCUT2D eigenvalue weighted by molar-refractivity contribution is -0.197. The summed E-state index contributed by atoms with van der Waals surface area (Å²) in [4.78, 5) is 74.5. The second kappa shape index (κ2) is 9.46. The summed E-state index contributed by atoms with van der Waals surface area (Å²) in [6.45, 7) is 0.272. The first kappa shape index (κ1) is 20.1. The maximum absolute atomic E-state index is 12.1. The third-order valence-corrected chi connectivity index (χ3v) is 5.13. The molecule has 2 saturated heterocycles. The zero-order chi connectivity index (χ0) is 19.1. The number of nitrogens with zero attached hydrogens (tertiary/aromatic N) is 2. The van der Waals surface area contributed by atoms with Gasteiger partial charge in [0.25, 0.3) is 11.8 Å². The minimum Gasteiger partial charge on any atom is -0.330 e. The van der Waals surface area contributed by atoms with Crippen molar-refractivity contribution in [2.75, 3.05) is 12.3 Å². The van der Waals surface area contributed by atoms with Crippen LogP contribution in [0.3, 0.4) is 0 Å². The number of rotatable bonds is 10. The van der Waals surface area contributed by atoms with Crippen LogP contribution in [0, 0.1) is 0 Å². The van der Waals surface area contributed by atoms with E-state index in [1.54, 1.807) is 0 Å². The predicted molar refractivity (Wildman–Crippen MR) is 89.3 cm³/mol. The lowest BCUT2D eigenvalue weighted by Gasteiger charge is -2.14. The number of carbonyl (C=O) groups excluding carboxylic acids is 6. The molecule has 2 aliphatic heterocycles. The van der Waals surface area contributed by atoms with Gasteiger partial charge in [-0.1, -0.05) is 6.42 Å². The van der Waals surface area contributed by atoms with Gasteiger partial charge in [0.05, 0.1) is 5.25 Å². The van der Waals surface area contributed by atoms with E-state index in [9.17, 15) is 28.8 Å². The molecule has 2 aliphatic rings. The van der Waals surface area contributed by atoms with Crippen molar-refractivity contribution in [1.82, 2.24) is 9.96 Å². The Balaban J connectivity index is 1.63. The fraction of sp³-hybridized carbons (Fsp3) is 0.625. The van der Waals surface area contributed by atoms with E-state index in [2.05, 4.69) is 0 Å². The van der Waals surface area contributed by atoms with Gasteiger partial charge in [-0.25, -0.2) is 4.79 Å². The Morgan fingerprint density at radius 1 is 1.08 bits per heavy atom. The molecule has 9 nitrogen and oxygen atoms in total. The molecule has 0 bridgehead atoms. The van der Waals surface area contributed by atoms with Crippen LogP contribution < -0.4 is 0 Å². The number of imide groups is 2. The largest absolute Gasteiger partial charge is 0.333 e. The van der Waals surface area contributed by atoms with Crippen molar-refractivity contribution in [2.24, 2.45) is 0 Å². The molecular formula is C16H20N2O7S. The molecule has 2 rings (SSSR count). The molecule has 0 aromatic heterocycles. The van der Waals surface area contributed by atoms with E-state index in [1.807, 2.05) is 0 Å². The van der Waals surface area contributed by atoms with Crippen LogP contribution >= 0.6 is 11.8 Å². The molecule has 0 aliphatic carbocycles. The van der Waals surface area contributed by atoms with E-state index in [1.165, 1.54) is 4.90 Å². The first-order chi connectivity index (χ1) is 12.4. The Kier molecular flexibility index (Phi) is 7.31. The topological polar surface area (TPSA) is 118 Å². The number of amides is 4. The van der Waals surface area contributed by atoms with Crippen molar-refractivity contribution >= 4 is 47.6 Å². The summed E-state index contributed by atoms with van der Waals surface area (Å²) in [5.74, 6) is -2.03. The normalized spacial score (nSPS) is 20.2. The maximum Gasteiger partial charge on any atom is 0.333 e. The number of thioether (sulfide) groups is 1. The van der Waals surface area contributed by atoms with Crippen LogP contribution in [0.2, 0.25) is 0 Å². The Bertz CT molecular complexity index is 606. The van der Waals surface area contributed by atoms with Gasteiger partial charge in [0.1, 0.15) is 6.29 Å². The van der Waals surface area contributed by atoms with Crippen LogP contribution in [0.4, 0.5) is 0 Å².